The number of rotatable bonds is 6. The van der Waals surface area contributed by atoms with Crippen LogP contribution in [0.25, 0.3) is 0 Å². The van der Waals surface area contributed by atoms with Crippen molar-refractivity contribution in [2.75, 3.05) is 20.2 Å². The number of methoxy groups -OCH3 is 1. The summed E-state index contributed by atoms with van der Waals surface area (Å²) in [6.07, 6.45) is -4.25. The highest BCUT2D eigenvalue weighted by Crippen LogP contribution is 2.37. The molecule has 0 spiro atoms. The lowest BCUT2D eigenvalue weighted by atomic mass is 9.75. The molecule has 146 valence electrons. The Kier molecular flexibility index (Phi) is 6.00. The lowest BCUT2D eigenvalue weighted by Crippen LogP contribution is -2.41. The van der Waals surface area contributed by atoms with Crippen LogP contribution in [0.5, 0.6) is 5.75 Å². The Balaban J connectivity index is 2.33. The molecule has 0 aliphatic carbocycles. The van der Waals surface area contributed by atoms with Gasteiger partial charge in [-0.15, -0.1) is 0 Å². The van der Waals surface area contributed by atoms with Crippen LogP contribution >= 0.6 is 0 Å². The van der Waals surface area contributed by atoms with Crippen molar-refractivity contribution < 1.29 is 27.2 Å². The van der Waals surface area contributed by atoms with Crippen molar-refractivity contribution in [2.24, 2.45) is 0 Å². The van der Waals surface area contributed by atoms with Crippen molar-refractivity contribution >= 4 is 12.6 Å². The zero-order chi connectivity index (χ0) is 19.8. The van der Waals surface area contributed by atoms with E-state index in [9.17, 15) is 13.2 Å². The number of nitrogens with zero attached hydrogens (tertiary/aromatic N) is 1. The highest BCUT2D eigenvalue weighted by atomic mass is 19.4. The van der Waals surface area contributed by atoms with Gasteiger partial charge < -0.3 is 14.0 Å². The fraction of sp³-hybridized carbons (Fsp3) is 0.667. The van der Waals surface area contributed by atoms with E-state index >= 15 is 0 Å². The minimum atomic E-state index is -4.25. The van der Waals surface area contributed by atoms with Crippen LogP contribution in [0.3, 0.4) is 0 Å². The van der Waals surface area contributed by atoms with E-state index in [4.69, 9.17) is 14.0 Å². The molecule has 0 bridgehead atoms. The summed E-state index contributed by atoms with van der Waals surface area (Å²) < 4.78 is 55.9. The fourth-order valence-electron chi connectivity index (χ4n) is 2.82. The molecule has 0 aromatic heterocycles. The van der Waals surface area contributed by atoms with E-state index in [1.807, 2.05) is 27.7 Å². The summed E-state index contributed by atoms with van der Waals surface area (Å²) in [6, 6.07) is 5.32. The Hall–Kier alpha value is -1.25. The third-order valence-corrected chi connectivity index (χ3v) is 5.10. The Morgan fingerprint density at radius 1 is 1.12 bits per heavy atom. The zero-order valence-electron chi connectivity index (χ0n) is 16.2. The molecule has 0 saturated carbocycles. The Bertz CT molecular complexity index is 619. The van der Waals surface area contributed by atoms with Crippen LogP contribution in [0.1, 0.15) is 40.2 Å². The Morgan fingerprint density at radius 2 is 1.69 bits per heavy atom. The first-order valence-electron chi connectivity index (χ1n) is 8.70. The molecular formula is C18H27BF3NO3. The topological polar surface area (TPSA) is 30.9 Å². The maximum absolute atomic E-state index is 12.8. The van der Waals surface area contributed by atoms with Crippen molar-refractivity contribution in [2.45, 2.75) is 58.5 Å². The van der Waals surface area contributed by atoms with Gasteiger partial charge in [0.15, 0.2) is 0 Å². The second-order valence-corrected chi connectivity index (χ2v) is 7.57. The molecular weight excluding hydrogens is 346 g/mol. The lowest BCUT2D eigenvalue weighted by molar-refractivity contribution is -0.146. The maximum Gasteiger partial charge on any atom is 0.495 e. The fourth-order valence-corrected chi connectivity index (χ4v) is 2.82. The maximum atomic E-state index is 12.8. The molecule has 1 heterocycles. The van der Waals surface area contributed by atoms with Crippen molar-refractivity contribution in [3.05, 3.63) is 23.8 Å². The van der Waals surface area contributed by atoms with Gasteiger partial charge in [0.1, 0.15) is 5.75 Å². The molecule has 0 unspecified atom stereocenters. The van der Waals surface area contributed by atoms with Crippen molar-refractivity contribution in [1.82, 2.24) is 4.90 Å². The molecule has 0 atom stereocenters. The molecule has 1 saturated heterocycles. The molecule has 1 fully saturated rings. The number of benzene rings is 1. The van der Waals surface area contributed by atoms with Crippen LogP contribution in [0, 0.1) is 0 Å². The van der Waals surface area contributed by atoms with Gasteiger partial charge in [-0.05, 0) is 57.4 Å². The van der Waals surface area contributed by atoms with E-state index in [1.54, 1.807) is 25.1 Å². The summed E-state index contributed by atoms with van der Waals surface area (Å²) in [6.45, 7) is 8.92. The van der Waals surface area contributed by atoms with Gasteiger partial charge in [0, 0.05) is 6.54 Å². The predicted octanol–water partition coefficient (Wildman–Crippen LogP) is 3.38. The van der Waals surface area contributed by atoms with Gasteiger partial charge in [0.2, 0.25) is 0 Å². The third kappa shape index (κ3) is 4.72. The number of ether oxygens (including phenoxy) is 1. The summed E-state index contributed by atoms with van der Waals surface area (Å²) in [5.74, 6) is 0.586. The molecule has 0 N–H and O–H groups in total. The molecule has 1 aliphatic rings. The van der Waals surface area contributed by atoms with Crippen LogP contribution in [0.2, 0.25) is 0 Å². The molecule has 2 rings (SSSR count). The summed E-state index contributed by atoms with van der Waals surface area (Å²) in [5, 5.41) is 0. The first-order chi connectivity index (χ1) is 11.9. The zero-order valence-corrected chi connectivity index (χ0v) is 16.2. The normalized spacial score (nSPS) is 19.2. The minimum absolute atomic E-state index is 0.132. The molecule has 4 nitrogen and oxygen atoms in total. The van der Waals surface area contributed by atoms with E-state index < -0.39 is 31.0 Å². The smallest absolute Gasteiger partial charge is 0.495 e. The van der Waals surface area contributed by atoms with Gasteiger partial charge in [-0.25, -0.2) is 0 Å². The van der Waals surface area contributed by atoms with Gasteiger partial charge in [-0.2, -0.15) is 13.2 Å². The third-order valence-electron chi connectivity index (χ3n) is 5.10. The van der Waals surface area contributed by atoms with Crippen molar-refractivity contribution in [1.29, 1.82) is 0 Å². The van der Waals surface area contributed by atoms with Crippen LogP contribution < -0.4 is 10.2 Å². The SMILES string of the molecule is CCN(Cc1cc(OC)ccc1B1OC(C)(C)C(C)(C)O1)CC(F)(F)F. The van der Waals surface area contributed by atoms with Gasteiger partial charge in [-0.3, -0.25) is 4.90 Å². The second kappa shape index (κ2) is 7.41. The molecule has 1 aliphatic heterocycles. The van der Waals surface area contributed by atoms with Crippen LogP contribution in [-0.4, -0.2) is 49.6 Å². The second-order valence-electron chi connectivity index (χ2n) is 7.57. The van der Waals surface area contributed by atoms with E-state index in [0.29, 0.717) is 11.3 Å². The van der Waals surface area contributed by atoms with Crippen LogP contribution in [0.4, 0.5) is 13.2 Å². The standard InChI is InChI=1S/C18H27BF3NO3/c1-7-23(12-18(20,21)22)11-13-10-14(24-6)8-9-15(13)19-25-16(2,3)17(4,5)26-19/h8-10H,7,11-12H2,1-6H3. The van der Waals surface area contributed by atoms with Crippen molar-refractivity contribution in [3.8, 4) is 5.75 Å². The highest BCUT2D eigenvalue weighted by molar-refractivity contribution is 6.62. The molecule has 0 amide bonds. The monoisotopic (exact) mass is 373 g/mol. The van der Waals surface area contributed by atoms with Crippen LogP contribution in [0.15, 0.2) is 18.2 Å². The lowest BCUT2D eigenvalue weighted by Gasteiger charge is -2.32. The number of hydrogen-bond acceptors (Lipinski definition) is 4. The molecule has 1 aromatic rings. The number of hydrogen-bond donors (Lipinski definition) is 0. The van der Waals surface area contributed by atoms with Crippen molar-refractivity contribution in [3.63, 3.8) is 0 Å². The first-order valence-corrected chi connectivity index (χ1v) is 8.70. The molecule has 8 heteroatoms. The quantitative estimate of drug-likeness (QED) is 0.716. The Morgan fingerprint density at radius 3 is 2.15 bits per heavy atom. The predicted molar refractivity (Wildman–Crippen MR) is 95.7 cm³/mol. The molecule has 26 heavy (non-hydrogen) atoms. The summed E-state index contributed by atoms with van der Waals surface area (Å²) in [4.78, 5) is 1.34. The molecule has 0 radical (unpaired) electrons. The highest BCUT2D eigenvalue weighted by Gasteiger charge is 2.52. The largest absolute Gasteiger partial charge is 0.497 e. The number of halogens is 3. The van der Waals surface area contributed by atoms with Gasteiger partial charge in [-0.1, -0.05) is 13.0 Å². The van der Waals surface area contributed by atoms with Gasteiger partial charge in [0.05, 0.1) is 24.9 Å². The van der Waals surface area contributed by atoms with E-state index in [0.717, 1.165) is 5.46 Å². The van der Waals surface area contributed by atoms with E-state index in [1.165, 1.54) is 12.0 Å². The minimum Gasteiger partial charge on any atom is -0.497 e. The average Bonchev–Trinajstić information content (AvgIpc) is 2.73. The summed E-state index contributed by atoms with van der Waals surface area (Å²) in [7, 11) is 0.895. The van der Waals surface area contributed by atoms with Gasteiger partial charge in [0.25, 0.3) is 0 Å². The Labute approximate surface area is 153 Å². The molecule has 1 aromatic carbocycles. The van der Waals surface area contributed by atoms with Crippen LogP contribution in [-0.2, 0) is 15.9 Å². The first kappa shape index (κ1) is 21.1. The van der Waals surface area contributed by atoms with E-state index in [2.05, 4.69) is 0 Å². The number of alkyl halides is 3. The van der Waals surface area contributed by atoms with Gasteiger partial charge >= 0.3 is 13.3 Å². The van der Waals surface area contributed by atoms with E-state index in [-0.39, 0.29) is 13.1 Å². The summed E-state index contributed by atoms with van der Waals surface area (Å²) in [5.41, 5.74) is 0.385. The average molecular weight is 373 g/mol. The summed E-state index contributed by atoms with van der Waals surface area (Å²) >= 11 is 0.